The Morgan fingerprint density at radius 2 is 1.12 bits per heavy atom. The zero-order valence-corrected chi connectivity index (χ0v) is 28.6. The number of hydrogen-bond donors (Lipinski definition) is 0. The first-order valence-electron chi connectivity index (χ1n) is 11.7. The fourth-order valence-electron chi connectivity index (χ4n) is 2.95. The highest BCUT2D eigenvalue weighted by Gasteiger charge is 2.49. The molecular formula is C21H52O6Si5. The van der Waals surface area contributed by atoms with Gasteiger partial charge in [0.15, 0.2) is 38.9 Å². The molecule has 6 nitrogen and oxygen atoms in total. The van der Waals surface area contributed by atoms with Gasteiger partial charge in [-0.15, -0.1) is 0 Å². The van der Waals surface area contributed by atoms with Crippen molar-refractivity contribution in [1.29, 1.82) is 0 Å². The van der Waals surface area contributed by atoms with Gasteiger partial charge < -0.3 is 22.1 Å². The van der Waals surface area contributed by atoms with Crippen LogP contribution in [0.2, 0.25) is 98.2 Å². The molecule has 11 heteroatoms. The van der Waals surface area contributed by atoms with Gasteiger partial charge in [0.25, 0.3) is 0 Å². The van der Waals surface area contributed by atoms with Crippen LogP contribution in [0.4, 0.5) is 0 Å². The molecular weight excluding hydrogens is 489 g/mol. The van der Waals surface area contributed by atoms with E-state index in [4.69, 9.17) is 22.1 Å². The van der Waals surface area contributed by atoms with Crippen LogP contribution in [0.15, 0.2) is 0 Å². The number of rotatable bonds is 14. The molecule has 0 bridgehead atoms. The monoisotopic (exact) mass is 540 g/mol. The molecule has 0 saturated carbocycles. The molecule has 0 aromatic heterocycles. The maximum Gasteiger partial charge on any atom is 0.326 e. The summed E-state index contributed by atoms with van der Waals surface area (Å²) in [4.78, 5) is 13.7. The van der Waals surface area contributed by atoms with Crippen molar-refractivity contribution < 1.29 is 26.9 Å². The molecule has 0 N–H and O–H groups in total. The van der Waals surface area contributed by atoms with E-state index in [0.29, 0.717) is 13.0 Å². The van der Waals surface area contributed by atoms with Gasteiger partial charge in [0, 0.05) is 6.42 Å². The largest absolute Gasteiger partial charge is 0.518 e. The minimum atomic E-state index is -2.14. The van der Waals surface area contributed by atoms with Gasteiger partial charge in [-0.3, -0.25) is 4.79 Å². The van der Waals surface area contributed by atoms with Gasteiger partial charge in [0.05, 0.1) is 19.3 Å². The highest BCUT2D eigenvalue weighted by atomic mass is 28.4. The molecule has 0 aliphatic carbocycles. The average Bonchev–Trinajstić information content (AvgIpc) is 2.44. The molecule has 0 saturated heterocycles. The van der Waals surface area contributed by atoms with Gasteiger partial charge in [-0.1, -0.05) is 0 Å². The molecule has 0 aliphatic rings. The van der Waals surface area contributed by atoms with Gasteiger partial charge in [-0.2, -0.15) is 0 Å². The Morgan fingerprint density at radius 3 is 1.47 bits per heavy atom. The van der Waals surface area contributed by atoms with E-state index in [0.717, 1.165) is 0 Å². The van der Waals surface area contributed by atoms with E-state index in [1.165, 1.54) is 0 Å². The zero-order valence-electron chi connectivity index (χ0n) is 23.6. The van der Waals surface area contributed by atoms with Gasteiger partial charge >= 0.3 is 5.97 Å². The minimum Gasteiger partial charge on any atom is -0.518 e. The number of carbonyl (C=O) groups excluding carboxylic acids is 1. The summed E-state index contributed by atoms with van der Waals surface area (Å²) in [5, 5.41) is 0. The first-order valence-corrected chi connectivity index (χ1v) is 28.8. The standard InChI is InChI=1S/C21H52O6Si5/c1-28(2,3)23-17-19(25-30(7,8)9)16-21(27-32(13,14)15,18-24-29(4,5)6)20(22)26-31(10,11)12/h19H,16-18H2,1-15H3/t19-,21-/m1/s1. The Hall–Kier alpha value is 0.394. The van der Waals surface area contributed by atoms with Crippen LogP contribution < -0.4 is 0 Å². The van der Waals surface area contributed by atoms with Gasteiger partial charge in [-0.05, 0) is 98.2 Å². The molecule has 192 valence electrons. The van der Waals surface area contributed by atoms with Crippen molar-refractivity contribution in [2.75, 3.05) is 13.2 Å². The van der Waals surface area contributed by atoms with Crippen molar-refractivity contribution in [2.24, 2.45) is 0 Å². The van der Waals surface area contributed by atoms with Crippen LogP contribution in [0.5, 0.6) is 0 Å². The van der Waals surface area contributed by atoms with Crippen LogP contribution in [-0.4, -0.2) is 72.5 Å². The van der Waals surface area contributed by atoms with E-state index in [1.54, 1.807) is 0 Å². The molecule has 0 radical (unpaired) electrons. The first-order chi connectivity index (χ1) is 13.8. The second kappa shape index (κ2) is 11.4. The molecule has 0 amide bonds. The normalized spacial score (nSPS) is 17.1. The lowest BCUT2D eigenvalue weighted by Gasteiger charge is -2.42. The highest BCUT2D eigenvalue weighted by molar-refractivity contribution is 6.72. The van der Waals surface area contributed by atoms with Crippen molar-refractivity contribution in [3.63, 3.8) is 0 Å². The summed E-state index contributed by atoms with van der Waals surface area (Å²) < 4.78 is 31.9. The maximum absolute atomic E-state index is 13.7. The third-order valence-corrected chi connectivity index (χ3v) is 8.68. The summed E-state index contributed by atoms with van der Waals surface area (Å²) in [5.41, 5.74) is -1.20. The summed E-state index contributed by atoms with van der Waals surface area (Å²) in [6.45, 7) is 32.4. The number of hydrogen-bond acceptors (Lipinski definition) is 6. The van der Waals surface area contributed by atoms with Crippen molar-refractivity contribution in [2.45, 2.75) is 116 Å². The fourth-order valence-corrected chi connectivity index (χ4v) is 7.59. The Balaban J connectivity index is 6.33. The summed E-state index contributed by atoms with van der Waals surface area (Å²) in [5.74, 6) is -0.311. The molecule has 2 atom stereocenters. The Morgan fingerprint density at radius 1 is 0.656 bits per heavy atom. The van der Waals surface area contributed by atoms with Crippen LogP contribution in [0, 0.1) is 0 Å². The van der Waals surface area contributed by atoms with Crippen LogP contribution in [0.1, 0.15) is 6.42 Å². The summed E-state index contributed by atoms with van der Waals surface area (Å²) in [7, 11) is -9.85. The molecule has 0 aliphatic heterocycles. The van der Waals surface area contributed by atoms with E-state index in [2.05, 4.69) is 78.6 Å². The Labute approximate surface area is 203 Å². The highest BCUT2D eigenvalue weighted by Crippen LogP contribution is 2.31. The average molecular weight is 541 g/mol. The Bertz CT molecular complexity index is 596. The third-order valence-electron chi connectivity index (χ3n) is 3.79. The maximum atomic E-state index is 13.7. The SMILES string of the molecule is C[Si](C)(C)OC[C@@H](C[C@](CO[Si](C)(C)C)(O[Si](C)(C)C)C(=O)O[Si](C)(C)C)O[Si](C)(C)C. The topological polar surface area (TPSA) is 63.2 Å². The predicted molar refractivity (Wildman–Crippen MR) is 148 cm³/mol. The van der Waals surface area contributed by atoms with Gasteiger partial charge in [-0.25, -0.2) is 0 Å². The second-order valence-corrected chi connectivity index (χ2v) is 35.9. The van der Waals surface area contributed by atoms with E-state index in [-0.39, 0.29) is 18.7 Å². The van der Waals surface area contributed by atoms with Gasteiger partial charge in [0.1, 0.15) is 0 Å². The summed E-state index contributed by atoms with van der Waals surface area (Å²) in [6.07, 6.45) is 0.115. The lowest BCUT2D eigenvalue weighted by atomic mass is 9.97. The molecule has 32 heavy (non-hydrogen) atoms. The van der Waals surface area contributed by atoms with Crippen molar-refractivity contribution in [3.8, 4) is 0 Å². The molecule has 0 rings (SSSR count). The third kappa shape index (κ3) is 16.1. The lowest BCUT2D eigenvalue weighted by molar-refractivity contribution is -0.161. The van der Waals surface area contributed by atoms with Gasteiger partial charge in [0.2, 0.25) is 8.32 Å². The first kappa shape index (κ1) is 32.4. The van der Waals surface area contributed by atoms with Crippen LogP contribution in [-0.2, 0) is 26.9 Å². The molecule has 0 unspecified atom stereocenters. The van der Waals surface area contributed by atoms with E-state index in [1.807, 2.05) is 19.6 Å². The van der Waals surface area contributed by atoms with E-state index >= 15 is 0 Å². The quantitative estimate of drug-likeness (QED) is 0.242. The van der Waals surface area contributed by atoms with Crippen LogP contribution in [0.25, 0.3) is 0 Å². The molecule has 0 heterocycles. The van der Waals surface area contributed by atoms with Crippen LogP contribution in [0.3, 0.4) is 0 Å². The Kier molecular flexibility index (Phi) is 11.6. The molecule has 0 fully saturated rings. The van der Waals surface area contributed by atoms with E-state index < -0.39 is 47.2 Å². The number of carbonyl (C=O) groups is 1. The summed E-state index contributed by atoms with van der Waals surface area (Å²) >= 11 is 0. The fraction of sp³-hybridized carbons (Fsp3) is 0.952. The lowest BCUT2D eigenvalue weighted by Crippen LogP contribution is -2.58. The van der Waals surface area contributed by atoms with Crippen LogP contribution >= 0.6 is 0 Å². The summed E-state index contributed by atoms with van der Waals surface area (Å²) in [6, 6.07) is 0. The van der Waals surface area contributed by atoms with Crippen molar-refractivity contribution in [3.05, 3.63) is 0 Å². The molecule has 0 aromatic rings. The molecule has 0 aromatic carbocycles. The van der Waals surface area contributed by atoms with Crippen molar-refractivity contribution >= 4 is 47.6 Å². The predicted octanol–water partition coefficient (Wildman–Crippen LogP) is 6.27. The minimum absolute atomic E-state index is 0.189. The van der Waals surface area contributed by atoms with E-state index in [9.17, 15) is 4.79 Å². The smallest absolute Gasteiger partial charge is 0.326 e. The molecule has 0 spiro atoms. The second-order valence-electron chi connectivity index (χ2n) is 13.6. The van der Waals surface area contributed by atoms with Crippen molar-refractivity contribution in [1.82, 2.24) is 0 Å². The zero-order chi connectivity index (χ0) is 25.8.